The molecule has 0 atom stereocenters. The Morgan fingerprint density at radius 1 is 1.24 bits per heavy atom. The second kappa shape index (κ2) is 5.33. The maximum Gasteiger partial charge on any atom is 0.210 e. The summed E-state index contributed by atoms with van der Waals surface area (Å²) >= 11 is 0. The highest BCUT2D eigenvalue weighted by atomic mass is 16.2. The summed E-state index contributed by atoms with van der Waals surface area (Å²) in [6, 6.07) is 0. The molecule has 4 rings (SSSR count). The summed E-state index contributed by atoms with van der Waals surface area (Å²) in [6.45, 7) is 4.37. The first-order valence-corrected chi connectivity index (χ1v) is 7.04. The first kappa shape index (κ1) is 13.8. The molecule has 0 aliphatic carbocycles. The summed E-state index contributed by atoms with van der Waals surface area (Å²) < 4.78 is 2.06. The minimum absolute atomic E-state index is 0.652. The van der Waals surface area contributed by atoms with Gasteiger partial charge in [-0.05, 0) is 13.3 Å². The smallest absolute Gasteiger partial charge is 0.210 e. The van der Waals surface area contributed by atoms with Crippen molar-refractivity contribution in [1.29, 1.82) is 0 Å². The Morgan fingerprint density at radius 2 is 2.05 bits per heavy atom. The van der Waals surface area contributed by atoms with Crippen LogP contribution in [-0.4, -0.2) is 50.0 Å². The Balaban J connectivity index is 0.000000636. The Bertz CT molecular complexity index is 673. The van der Waals surface area contributed by atoms with Crippen LogP contribution in [-0.2, 0) is 30.7 Å². The van der Waals surface area contributed by atoms with Crippen molar-refractivity contribution in [3.05, 3.63) is 22.5 Å². The molecular formula is C14H19N5O2. The summed E-state index contributed by atoms with van der Waals surface area (Å²) in [6.07, 6.45) is 2.74. The Labute approximate surface area is 122 Å². The number of hydrogen-bond acceptors (Lipinski definition) is 4. The number of aromatic nitrogens is 4. The molecule has 1 amide bonds. The normalized spacial score (nSPS) is 15.5. The minimum Gasteiger partial charge on any atom is -0.400 e. The lowest BCUT2D eigenvalue weighted by atomic mass is 9.98. The fraction of sp³-hybridized carbons (Fsp3) is 0.500. The molecule has 2 aliphatic rings. The number of aryl methyl sites for hydroxylation is 2. The first-order chi connectivity index (χ1) is 10.3. The number of rotatable bonds is 1. The van der Waals surface area contributed by atoms with Crippen molar-refractivity contribution < 1.29 is 9.90 Å². The van der Waals surface area contributed by atoms with Crippen molar-refractivity contribution in [3.8, 4) is 11.4 Å². The highest BCUT2D eigenvalue weighted by Crippen LogP contribution is 2.35. The summed E-state index contributed by atoms with van der Waals surface area (Å²) in [5.41, 5.74) is 6.85. The van der Waals surface area contributed by atoms with E-state index < -0.39 is 0 Å². The van der Waals surface area contributed by atoms with E-state index in [1.807, 2.05) is 0 Å². The minimum atomic E-state index is 0.652. The first-order valence-electron chi connectivity index (χ1n) is 7.04. The molecule has 2 aliphatic heterocycles. The van der Waals surface area contributed by atoms with Gasteiger partial charge in [-0.15, -0.1) is 0 Å². The van der Waals surface area contributed by atoms with Crippen LogP contribution in [0.4, 0.5) is 0 Å². The standard InChI is InChI=1S/C13H15N5O.CH4O/c1-8-9-2-5-18-13(12(9)15-14-8)10-6-17(7-19)4-3-11(10)16-18;1-2/h7H,2-6H2,1H3,(H,14,15);2H,1H3. The van der Waals surface area contributed by atoms with Gasteiger partial charge >= 0.3 is 0 Å². The van der Waals surface area contributed by atoms with Crippen LogP contribution in [0.5, 0.6) is 0 Å². The Morgan fingerprint density at radius 3 is 2.81 bits per heavy atom. The number of aliphatic hydroxyl groups is 1. The molecule has 0 bridgehead atoms. The number of carbonyl (C=O) groups is 1. The van der Waals surface area contributed by atoms with E-state index in [1.165, 1.54) is 11.1 Å². The van der Waals surface area contributed by atoms with Gasteiger partial charge < -0.3 is 10.0 Å². The van der Waals surface area contributed by atoms with Crippen LogP contribution in [0.3, 0.4) is 0 Å². The van der Waals surface area contributed by atoms with Gasteiger partial charge in [0, 0.05) is 50.0 Å². The molecule has 0 saturated heterocycles. The summed E-state index contributed by atoms with van der Waals surface area (Å²) in [5.74, 6) is 0. The third kappa shape index (κ3) is 2.04. The van der Waals surface area contributed by atoms with E-state index in [9.17, 15) is 4.79 Å². The van der Waals surface area contributed by atoms with Crippen LogP contribution in [0.15, 0.2) is 0 Å². The lowest BCUT2D eigenvalue weighted by Gasteiger charge is -2.23. The van der Waals surface area contributed by atoms with Crippen molar-refractivity contribution in [3.63, 3.8) is 0 Å². The van der Waals surface area contributed by atoms with Crippen LogP contribution in [0, 0.1) is 6.92 Å². The number of fused-ring (bicyclic) bond motifs is 5. The monoisotopic (exact) mass is 289 g/mol. The molecule has 0 radical (unpaired) electrons. The van der Waals surface area contributed by atoms with Gasteiger partial charge in [-0.3, -0.25) is 14.6 Å². The lowest BCUT2D eigenvalue weighted by molar-refractivity contribution is -0.118. The zero-order valence-electron chi connectivity index (χ0n) is 12.3. The number of hydrogen-bond donors (Lipinski definition) is 2. The fourth-order valence-corrected chi connectivity index (χ4v) is 3.14. The number of carbonyl (C=O) groups excluding carboxylic acids is 1. The van der Waals surface area contributed by atoms with E-state index in [0.717, 1.165) is 62.2 Å². The van der Waals surface area contributed by atoms with Crippen LogP contribution in [0.2, 0.25) is 0 Å². The predicted octanol–water partition coefficient (Wildman–Crippen LogP) is 0.261. The molecule has 7 nitrogen and oxygen atoms in total. The van der Waals surface area contributed by atoms with E-state index in [1.54, 1.807) is 4.90 Å². The zero-order chi connectivity index (χ0) is 15.0. The third-order valence-corrected chi connectivity index (χ3v) is 4.15. The molecule has 0 fully saturated rings. The lowest BCUT2D eigenvalue weighted by Crippen LogP contribution is -2.29. The topological polar surface area (TPSA) is 87.0 Å². The van der Waals surface area contributed by atoms with Gasteiger partial charge in [0.15, 0.2) is 0 Å². The molecule has 0 unspecified atom stereocenters. The average Bonchev–Trinajstić information content (AvgIpc) is 3.09. The summed E-state index contributed by atoms with van der Waals surface area (Å²) in [4.78, 5) is 12.8. The fourth-order valence-electron chi connectivity index (χ4n) is 3.14. The van der Waals surface area contributed by atoms with Gasteiger partial charge in [-0.2, -0.15) is 10.2 Å². The van der Waals surface area contributed by atoms with E-state index in [2.05, 4.69) is 26.9 Å². The highest BCUT2D eigenvalue weighted by molar-refractivity contribution is 5.67. The molecule has 0 saturated carbocycles. The van der Waals surface area contributed by atoms with E-state index >= 15 is 0 Å². The second-order valence-electron chi connectivity index (χ2n) is 5.25. The van der Waals surface area contributed by atoms with Crippen molar-refractivity contribution in [2.24, 2.45) is 0 Å². The van der Waals surface area contributed by atoms with Crippen LogP contribution < -0.4 is 0 Å². The molecule has 2 aromatic heterocycles. The Hall–Kier alpha value is -2.15. The SMILES string of the molecule is CO.Cc1[nH]nc2c1CCn1nc3c(c1-2)CN(C=O)CC3. The predicted molar refractivity (Wildman–Crippen MR) is 76.6 cm³/mol. The third-order valence-electron chi connectivity index (χ3n) is 4.15. The quantitative estimate of drug-likeness (QED) is 0.737. The van der Waals surface area contributed by atoms with Crippen molar-refractivity contribution in [1.82, 2.24) is 24.9 Å². The largest absolute Gasteiger partial charge is 0.400 e. The maximum absolute atomic E-state index is 11.0. The number of nitrogens with zero attached hydrogens (tertiary/aromatic N) is 4. The van der Waals surface area contributed by atoms with Crippen molar-refractivity contribution in [2.45, 2.75) is 32.9 Å². The second-order valence-corrected chi connectivity index (χ2v) is 5.25. The van der Waals surface area contributed by atoms with Crippen LogP contribution in [0.25, 0.3) is 11.4 Å². The number of aromatic amines is 1. The number of amides is 1. The average molecular weight is 289 g/mol. The van der Waals surface area contributed by atoms with E-state index in [0.29, 0.717) is 6.54 Å². The van der Waals surface area contributed by atoms with Gasteiger partial charge in [0.05, 0.1) is 11.4 Å². The van der Waals surface area contributed by atoms with Crippen LogP contribution in [0.1, 0.15) is 22.5 Å². The molecule has 2 aromatic rings. The molecular weight excluding hydrogens is 270 g/mol. The maximum atomic E-state index is 11.0. The summed E-state index contributed by atoms with van der Waals surface area (Å²) in [7, 11) is 1.00. The molecule has 21 heavy (non-hydrogen) atoms. The van der Waals surface area contributed by atoms with Gasteiger partial charge in [-0.25, -0.2) is 0 Å². The van der Waals surface area contributed by atoms with Gasteiger partial charge in [-0.1, -0.05) is 0 Å². The van der Waals surface area contributed by atoms with Crippen molar-refractivity contribution >= 4 is 6.41 Å². The van der Waals surface area contributed by atoms with Crippen LogP contribution >= 0.6 is 0 Å². The molecule has 7 heteroatoms. The zero-order valence-corrected chi connectivity index (χ0v) is 12.3. The molecule has 0 spiro atoms. The number of nitrogens with one attached hydrogen (secondary N) is 1. The van der Waals surface area contributed by atoms with E-state index in [4.69, 9.17) is 5.11 Å². The Kier molecular flexibility index (Phi) is 3.50. The molecule has 0 aromatic carbocycles. The van der Waals surface area contributed by atoms with Gasteiger partial charge in [0.2, 0.25) is 6.41 Å². The highest BCUT2D eigenvalue weighted by Gasteiger charge is 2.30. The molecule has 4 heterocycles. The van der Waals surface area contributed by atoms with Crippen molar-refractivity contribution in [2.75, 3.05) is 13.7 Å². The molecule has 2 N–H and O–H groups in total. The number of aliphatic hydroxyl groups excluding tert-OH is 1. The van der Waals surface area contributed by atoms with Gasteiger partial charge in [0.25, 0.3) is 0 Å². The number of H-pyrrole nitrogens is 1. The van der Waals surface area contributed by atoms with E-state index in [-0.39, 0.29) is 0 Å². The molecule has 112 valence electrons. The summed E-state index contributed by atoms with van der Waals surface area (Å²) in [5, 5.41) is 19.2. The van der Waals surface area contributed by atoms with Gasteiger partial charge in [0.1, 0.15) is 5.69 Å².